The Morgan fingerprint density at radius 2 is 1.74 bits per heavy atom. The maximum absolute atomic E-state index is 14.4. The number of rotatable bonds is 7. The van der Waals surface area contributed by atoms with E-state index in [9.17, 15) is 18.0 Å². The Hall–Kier alpha value is -2.78. The van der Waals surface area contributed by atoms with Crippen LogP contribution < -0.4 is 10.2 Å². The highest BCUT2D eigenvalue weighted by molar-refractivity contribution is 7.91. The Balaban J connectivity index is 1.78. The highest BCUT2D eigenvalue weighted by atomic mass is 32.2. The predicted molar refractivity (Wildman–Crippen MR) is 154 cm³/mol. The number of nitrogens with one attached hydrogen (secondary N) is 1. The number of anilines is 1. The van der Waals surface area contributed by atoms with E-state index < -0.39 is 27.2 Å². The van der Waals surface area contributed by atoms with E-state index in [1.165, 1.54) is 12.7 Å². The molecule has 2 aromatic rings. The predicted octanol–water partition coefficient (Wildman–Crippen LogP) is 4.02. The van der Waals surface area contributed by atoms with Crippen LogP contribution in [0, 0.1) is 0 Å². The van der Waals surface area contributed by atoms with E-state index >= 15 is 0 Å². The molecule has 1 unspecified atom stereocenters. The van der Waals surface area contributed by atoms with Crippen molar-refractivity contribution in [1.29, 1.82) is 0 Å². The van der Waals surface area contributed by atoms with E-state index in [1.54, 1.807) is 35.3 Å². The van der Waals surface area contributed by atoms with Crippen molar-refractivity contribution >= 4 is 27.3 Å². The summed E-state index contributed by atoms with van der Waals surface area (Å²) in [6.45, 7) is 6.65. The molecule has 9 heteroatoms. The third kappa shape index (κ3) is 6.87. The lowest BCUT2D eigenvalue weighted by molar-refractivity contribution is -0.129. The number of carbonyl (C=O) groups is 2. The highest BCUT2D eigenvalue weighted by Crippen LogP contribution is 2.34. The quantitative estimate of drug-likeness (QED) is 0.555. The number of nitrogens with zero attached hydrogens (tertiary/aromatic N) is 3. The zero-order valence-corrected chi connectivity index (χ0v) is 24.6. The van der Waals surface area contributed by atoms with Gasteiger partial charge >= 0.3 is 0 Å². The second-order valence-corrected chi connectivity index (χ2v) is 14.5. The summed E-state index contributed by atoms with van der Waals surface area (Å²) in [7, 11) is -1.55. The van der Waals surface area contributed by atoms with Gasteiger partial charge in [-0.15, -0.1) is 0 Å². The molecule has 1 aromatic heterocycles. The van der Waals surface area contributed by atoms with E-state index in [-0.39, 0.29) is 36.2 Å². The Kier molecular flexibility index (Phi) is 8.81. The zero-order chi connectivity index (χ0) is 28.4. The van der Waals surface area contributed by atoms with Crippen LogP contribution in [0.2, 0.25) is 0 Å². The molecule has 39 heavy (non-hydrogen) atoms. The third-order valence-electron chi connectivity index (χ3n) is 8.11. The number of likely N-dealkylation sites (N-methyl/N-ethyl adjacent to an activating group) is 1. The molecule has 212 valence electrons. The number of aromatic nitrogens is 1. The van der Waals surface area contributed by atoms with Crippen LogP contribution in [0.1, 0.15) is 76.5 Å². The lowest BCUT2D eigenvalue weighted by Gasteiger charge is -2.36. The molecular weight excluding hydrogens is 512 g/mol. The number of pyridine rings is 1. The van der Waals surface area contributed by atoms with Crippen molar-refractivity contribution in [3.8, 4) is 0 Å². The summed E-state index contributed by atoms with van der Waals surface area (Å²) in [5.41, 5.74) is 2.23. The van der Waals surface area contributed by atoms with Gasteiger partial charge in [0.15, 0.2) is 9.84 Å². The van der Waals surface area contributed by atoms with Crippen molar-refractivity contribution < 1.29 is 18.0 Å². The molecule has 1 aromatic carbocycles. The number of carbonyl (C=O) groups excluding carboxylic acids is 2. The average Bonchev–Trinajstić information content (AvgIpc) is 3.30. The number of sulfone groups is 1. The third-order valence-corrected chi connectivity index (χ3v) is 9.66. The normalized spacial score (nSPS) is 21.9. The Morgan fingerprint density at radius 3 is 2.28 bits per heavy atom. The van der Waals surface area contributed by atoms with Crippen LogP contribution >= 0.6 is 0 Å². The van der Waals surface area contributed by atoms with Crippen LogP contribution in [0.4, 0.5) is 5.69 Å². The molecule has 8 nitrogen and oxygen atoms in total. The monoisotopic (exact) mass is 554 g/mol. The molecule has 2 aliphatic rings. The van der Waals surface area contributed by atoms with E-state index in [4.69, 9.17) is 0 Å². The van der Waals surface area contributed by atoms with E-state index in [0.29, 0.717) is 11.3 Å². The summed E-state index contributed by atoms with van der Waals surface area (Å²) in [6, 6.07) is 9.79. The smallest absolute Gasteiger partial charge is 0.248 e. The van der Waals surface area contributed by atoms with Gasteiger partial charge in [0.2, 0.25) is 11.8 Å². The summed E-state index contributed by atoms with van der Waals surface area (Å²) >= 11 is 0. The minimum atomic E-state index is -3.32. The summed E-state index contributed by atoms with van der Waals surface area (Å²) in [5, 5.41) is 2.59. The summed E-state index contributed by atoms with van der Waals surface area (Å²) in [6.07, 6.45) is 9.82. The molecule has 2 amide bonds. The van der Waals surface area contributed by atoms with Crippen LogP contribution in [0.25, 0.3) is 0 Å². The molecule has 1 aliphatic carbocycles. The molecule has 2 heterocycles. The minimum Gasteiger partial charge on any atom is -0.351 e. The molecule has 1 saturated carbocycles. The van der Waals surface area contributed by atoms with Gasteiger partial charge in [-0.1, -0.05) is 58.2 Å². The van der Waals surface area contributed by atoms with Crippen molar-refractivity contribution in [3.05, 3.63) is 59.9 Å². The van der Waals surface area contributed by atoms with Crippen LogP contribution in [0.15, 0.2) is 48.8 Å². The molecule has 2 fully saturated rings. The zero-order valence-electron chi connectivity index (χ0n) is 23.8. The fourth-order valence-electron chi connectivity index (χ4n) is 5.72. The first-order valence-corrected chi connectivity index (χ1v) is 15.8. The second-order valence-electron chi connectivity index (χ2n) is 12.2. The molecule has 3 atom stereocenters. The van der Waals surface area contributed by atoms with E-state index in [1.807, 2.05) is 30.3 Å². The van der Waals surface area contributed by atoms with Crippen molar-refractivity contribution in [2.24, 2.45) is 0 Å². The lowest BCUT2D eigenvalue weighted by atomic mass is 9.87. The average molecular weight is 555 g/mol. The largest absolute Gasteiger partial charge is 0.351 e. The SMILES string of the molecule is CN1C[C@@H](S(C)(=O)=O)C[C@@H]1C(=O)N(c1ccc(C(C)(C)C)cc1)C(C(=O)NC1CCCCC1)c1cccnc1. The summed E-state index contributed by atoms with van der Waals surface area (Å²) in [5.74, 6) is -0.539. The van der Waals surface area contributed by atoms with Gasteiger partial charge in [-0.3, -0.25) is 24.4 Å². The van der Waals surface area contributed by atoms with Gasteiger partial charge in [0.05, 0.1) is 11.3 Å². The molecule has 0 spiro atoms. The van der Waals surface area contributed by atoms with Gasteiger partial charge < -0.3 is 5.32 Å². The number of benzene rings is 1. The fourth-order valence-corrected chi connectivity index (χ4v) is 6.76. The lowest BCUT2D eigenvalue weighted by Crippen LogP contribution is -2.51. The van der Waals surface area contributed by atoms with Gasteiger partial charge in [0.25, 0.3) is 0 Å². The van der Waals surface area contributed by atoms with Gasteiger partial charge in [-0.2, -0.15) is 0 Å². The van der Waals surface area contributed by atoms with E-state index in [2.05, 4.69) is 31.1 Å². The fraction of sp³-hybridized carbons (Fsp3) is 0.567. The number of likely N-dealkylation sites (tertiary alicyclic amines) is 1. The number of amides is 2. The first kappa shape index (κ1) is 29.2. The Labute approximate surface area is 233 Å². The van der Waals surface area contributed by atoms with Crippen LogP contribution in [-0.2, 0) is 24.8 Å². The molecule has 1 N–H and O–H groups in total. The van der Waals surface area contributed by atoms with Crippen LogP contribution in [0.5, 0.6) is 0 Å². The highest BCUT2D eigenvalue weighted by Gasteiger charge is 2.44. The van der Waals surface area contributed by atoms with Gasteiger partial charge in [0.1, 0.15) is 6.04 Å². The molecular formula is C30H42N4O4S. The Bertz CT molecular complexity index is 1250. The molecule has 1 aliphatic heterocycles. The van der Waals surface area contributed by atoms with Gasteiger partial charge in [-0.25, -0.2) is 8.42 Å². The molecule has 1 saturated heterocycles. The number of hydrogen-bond acceptors (Lipinski definition) is 6. The van der Waals surface area contributed by atoms with Crippen LogP contribution in [0.3, 0.4) is 0 Å². The molecule has 0 bridgehead atoms. The van der Waals surface area contributed by atoms with Gasteiger partial charge in [0, 0.05) is 42.5 Å². The Morgan fingerprint density at radius 1 is 1.08 bits per heavy atom. The summed E-state index contributed by atoms with van der Waals surface area (Å²) in [4.78, 5) is 36.1. The van der Waals surface area contributed by atoms with Crippen molar-refractivity contribution in [2.45, 2.75) is 88.1 Å². The first-order chi connectivity index (χ1) is 18.4. The van der Waals surface area contributed by atoms with Crippen LogP contribution in [-0.4, -0.2) is 67.3 Å². The standard InChI is InChI=1S/C30H42N4O4S/c1-30(2,3)22-13-15-24(16-14-22)34(29(36)26-18-25(20-33(26)4)39(5,37)38)27(21-10-9-17-31-19-21)28(35)32-23-11-7-6-8-12-23/h9-10,13-17,19,23,25-27H,6-8,11-12,18,20H2,1-5H3,(H,32,35)/t25-,26+,27?/m0/s1. The topological polar surface area (TPSA) is 99.7 Å². The van der Waals surface area contributed by atoms with Crippen molar-refractivity contribution in [3.63, 3.8) is 0 Å². The van der Waals surface area contributed by atoms with Crippen molar-refractivity contribution in [1.82, 2.24) is 15.2 Å². The maximum Gasteiger partial charge on any atom is 0.248 e. The second kappa shape index (κ2) is 11.8. The first-order valence-electron chi connectivity index (χ1n) is 13.9. The van der Waals surface area contributed by atoms with Gasteiger partial charge in [-0.05, 0) is 55.5 Å². The van der Waals surface area contributed by atoms with Crippen molar-refractivity contribution in [2.75, 3.05) is 24.7 Å². The van der Waals surface area contributed by atoms with E-state index in [0.717, 1.165) is 31.2 Å². The number of hydrogen-bond donors (Lipinski definition) is 1. The minimum absolute atomic E-state index is 0.0643. The molecule has 4 rings (SSSR count). The summed E-state index contributed by atoms with van der Waals surface area (Å²) < 4.78 is 24.8. The molecule has 0 radical (unpaired) electrons. The maximum atomic E-state index is 14.4.